The quantitative estimate of drug-likeness (QED) is 0.535. The molecule has 29 heavy (non-hydrogen) atoms. The van der Waals surface area contributed by atoms with Crippen LogP contribution in [-0.4, -0.2) is 45.4 Å². The van der Waals surface area contributed by atoms with Gasteiger partial charge < -0.3 is 14.8 Å². The molecule has 0 spiro atoms. The smallest absolute Gasteiger partial charge is 0.265 e. The number of anilines is 1. The lowest BCUT2D eigenvalue weighted by molar-refractivity contribution is -0.127. The number of thioether (sulfide) groups is 1. The Morgan fingerprint density at radius 2 is 1.86 bits per heavy atom. The van der Waals surface area contributed by atoms with Crippen molar-refractivity contribution in [1.82, 2.24) is 5.32 Å². The van der Waals surface area contributed by atoms with Gasteiger partial charge in [0.15, 0.2) is 6.29 Å². The number of rotatable bonds is 7. The van der Waals surface area contributed by atoms with E-state index in [0.717, 1.165) is 10.5 Å². The van der Waals surface area contributed by atoms with Crippen LogP contribution in [0.4, 0.5) is 5.69 Å². The predicted octanol–water partition coefficient (Wildman–Crippen LogP) is 3.55. The maximum absolute atomic E-state index is 13.1. The van der Waals surface area contributed by atoms with Crippen LogP contribution in [0.3, 0.4) is 0 Å². The first-order chi connectivity index (χ1) is 14.0. The van der Waals surface area contributed by atoms with Gasteiger partial charge in [0, 0.05) is 24.1 Å². The van der Waals surface area contributed by atoms with E-state index in [-0.39, 0.29) is 24.9 Å². The number of hydrogen-bond donors (Lipinski definition) is 1. The Labute approximate surface area is 178 Å². The molecule has 2 amide bonds. The largest absolute Gasteiger partial charge is 0.354 e. The summed E-state index contributed by atoms with van der Waals surface area (Å²) in [6, 6.07) is 14.7. The Morgan fingerprint density at radius 1 is 1.17 bits per heavy atom. The van der Waals surface area contributed by atoms with Crippen molar-refractivity contribution in [3.63, 3.8) is 0 Å². The molecule has 0 bridgehead atoms. The number of halogens is 1. The molecule has 1 heterocycles. The van der Waals surface area contributed by atoms with Gasteiger partial charge in [-0.25, -0.2) is 0 Å². The van der Waals surface area contributed by atoms with Crippen molar-refractivity contribution in [1.29, 1.82) is 0 Å². The Kier molecular flexibility index (Phi) is 7.33. The van der Waals surface area contributed by atoms with Gasteiger partial charge in [0.2, 0.25) is 5.91 Å². The molecule has 0 radical (unpaired) electrons. The molecule has 152 valence electrons. The highest BCUT2D eigenvalue weighted by Crippen LogP contribution is 2.41. The molecular formula is C21H21ClN2O4S. The average Bonchev–Trinajstić information content (AvgIpc) is 2.73. The zero-order valence-corrected chi connectivity index (χ0v) is 17.6. The SMILES string of the molecule is COC(CNC(=O)CN1C(=O)C(=Cc2ccc(Cl)cc2)Sc2ccccc21)OC. The van der Waals surface area contributed by atoms with Gasteiger partial charge in [-0.1, -0.05) is 47.6 Å². The van der Waals surface area contributed by atoms with Gasteiger partial charge in [0.05, 0.1) is 17.1 Å². The molecule has 3 rings (SSSR count). The number of para-hydroxylation sites is 1. The molecule has 1 aliphatic rings. The third kappa shape index (κ3) is 5.39. The third-order valence-electron chi connectivity index (χ3n) is 4.29. The summed E-state index contributed by atoms with van der Waals surface area (Å²) in [5.41, 5.74) is 1.57. The minimum atomic E-state index is -0.542. The molecule has 8 heteroatoms. The van der Waals surface area contributed by atoms with Crippen LogP contribution in [0.25, 0.3) is 6.08 Å². The number of ether oxygens (including phenoxy) is 2. The van der Waals surface area contributed by atoms with E-state index < -0.39 is 6.29 Å². The van der Waals surface area contributed by atoms with Gasteiger partial charge in [-0.3, -0.25) is 14.5 Å². The van der Waals surface area contributed by atoms with E-state index in [9.17, 15) is 9.59 Å². The lowest BCUT2D eigenvalue weighted by Gasteiger charge is -2.30. The Bertz CT molecular complexity index is 913. The first kappa shape index (κ1) is 21.4. The fourth-order valence-corrected chi connectivity index (χ4v) is 3.97. The number of benzene rings is 2. The number of fused-ring (bicyclic) bond motifs is 1. The summed E-state index contributed by atoms with van der Waals surface area (Å²) < 4.78 is 10.1. The summed E-state index contributed by atoms with van der Waals surface area (Å²) in [7, 11) is 2.99. The fraction of sp³-hybridized carbons (Fsp3) is 0.238. The molecule has 0 saturated carbocycles. The number of nitrogens with zero attached hydrogens (tertiary/aromatic N) is 1. The first-order valence-electron chi connectivity index (χ1n) is 8.90. The van der Waals surface area contributed by atoms with Crippen LogP contribution in [0.2, 0.25) is 5.02 Å². The van der Waals surface area contributed by atoms with Gasteiger partial charge in [0.1, 0.15) is 6.54 Å². The van der Waals surface area contributed by atoms with Gasteiger partial charge in [-0.05, 0) is 35.9 Å². The van der Waals surface area contributed by atoms with E-state index in [1.165, 1.54) is 30.9 Å². The molecule has 0 aromatic heterocycles. The summed E-state index contributed by atoms with van der Waals surface area (Å²) in [6.45, 7) is 0.0895. The maximum Gasteiger partial charge on any atom is 0.265 e. The van der Waals surface area contributed by atoms with E-state index in [0.29, 0.717) is 15.6 Å². The molecule has 2 aromatic carbocycles. The average molecular weight is 433 g/mol. The number of methoxy groups -OCH3 is 2. The number of carbonyl (C=O) groups is 2. The molecule has 0 unspecified atom stereocenters. The lowest BCUT2D eigenvalue weighted by atomic mass is 10.2. The minimum absolute atomic E-state index is 0.103. The zero-order valence-electron chi connectivity index (χ0n) is 16.1. The van der Waals surface area contributed by atoms with Crippen molar-refractivity contribution in [2.75, 3.05) is 32.2 Å². The highest BCUT2D eigenvalue weighted by molar-refractivity contribution is 8.04. The molecule has 1 N–H and O–H groups in total. The van der Waals surface area contributed by atoms with Crippen LogP contribution in [0.1, 0.15) is 5.56 Å². The van der Waals surface area contributed by atoms with Gasteiger partial charge >= 0.3 is 0 Å². The number of hydrogen-bond acceptors (Lipinski definition) is 5. The van der Waals surface area contributed by atoms with Crippen LogP contribution >= 0.6 is 23.4 Å². The second-order valence-corrected chi connectivity index (χ2v) is 7.75. The number of carbonyl (C=O) groups excluding carboxylic acids is 2. The number of nitrogens with one attached hydrogen (secondary N) is 1. The predicted molar refractivity (Wildman–Crippen MR) is 115 cm³/mol. The zero-order chi connectivity index (χ0) is 20.8. The van der Waals surface area contributed by atoms with E-state index in [4.69, 9.17) is 21.1 Å². The summed E-state index contributed by atoms with van der Waals surface area (Å²) in [5, 5.41) is 3.36. The second-order valence-electron chi connectivity index (χ2n) is 6.23. The van der Waals surface area contributed by atoms with Crippen LogP contribution in [0.15, 0.2) is 58.3 Å². The van der Waals surface area contributed by atoms with E-state index in [2.05, 4.69) is 5.32 Å². The second kappa shape index (κ2) is 9.93. The summed E-state index contributed by atoms with van der Waals surface area (Å²) in [5.74, 6) is -0.529. The van der Waals surface area contributed by atoms with E-state index >= 15 is 0 Å². The van der Waals surface area contributed by atoms with E-state index in [1.54, 1.807) is 18.2 Å². The third-order valence-corrected chi connectivity index (χ3v) is 5.62. The Balaban J connectivity index is 1.82. The van der Waals surface area contributed by atoms with Crippen molar-refractivity contribution in [2.24, 2.45) is 0 Å². The normalized spacial score (nSPS) is 15.0. The molecular weight excluding hydrogens is 412 g/mol. The molecule has 2 aromatic rings. The highest BCUT2D eigenvalue weighted by Gasteiger charge is 2.30. The molecule has 0 saturated heterocycles. The van der Waals surface area contributed by atoms with Gasteiger partial charge in [0.25, 0.3) is 5.91 Å². The maximum atomic E-state index is 13.1. The monoisotopic (exact) mass is 432 g/mol. The van der Waals surface area contributed by atoms with Crippen molar-refractivity contribution in [3.8, 4) is 0 Å². The molecule has 0 fully saturated rings. The lowest BCUT2D eigenvalue weighted by Crippen LogP contribution is -2.44. The molecule has 0 aliphatic carbocycles. The van der Waals surface area contributed by atoms with Crippen molar-refractivity contribution < 1.29 is 19.1 Å². The van der Waals surface area contributed by atoms with Crippen molar-refractivity contribution in [2.45, 2.75) is 11.2 Å². The van der Waals surface area contributed by atoms with Crippen LogP contribution in [-0.2, 0) is 19.1 Å². The van der Waals surface area contributed by atoms with Crippen LogP contribution < -0.4 is 10.2 Å². The van der Waals surface area contributed by atoms with Crippen LogP contribution in [0, 0.1) is 0 Å². The van der Waals surface area contributed by atoms with Gasteiger partial charge in [-0.15, -0.1) is 0 Å². The van der Waals surface area contributed by atoms with Crippen molar-refractivity contribution in [3.05, 3.63) is 64.0 Å². The Morgan fingerprint density at radius 3 is 2.55 bits per heavy atom. The first-order valence-corrected chi connectivity index (χ1v) is 10.1. The molecule has 1 aliphatic heterocycles. The standard InChI is InChI=1S/C21H21ClN2O4S/c1-27-20(28-2)12-23-19(25)13-24-16-5-3-4-6-17(16)29-18(21(24)26)11-14-7-9-15(22)10-8-14/h3-11,20H,12-13H2,1-2H3,(H,23,25). The summed E-state index contributed by atoms with van der Waals surface area (Å²) in [6.07, 6.45) is 1.26. The van der Waals surface area contributed by atoms with Crippen molar-refractivity contribution >= 4 is 46.9 Å². The summed E-state index contributed by atoms with van der Waals surface area (Å²) >= 11 is 7.33. The highest BCUT2D eigenvalue weighted by atomic mass is 35.5. The number of amides is 2. The van der Waals surface area contributed by atoms with E-state index in [1.807, 2.05) is 36.4 Å². The van der Waals surface area contributed by atoms with Crippen LogP contribution in [0.5, 0.6) is 0 Å². The topological polar surface area (TPSA) is 67.9 Å². The fourth-order valence-electron chi connectivity index (χ4n) is 2.79. The molecule has 0 atom stereocenters. The Hall–Kier alpha value is -2.32. The minimum Gasteiger partial charge on any atom is -0.354 e. The van der Waals surface area contributed by atoms with Gasteiger partial charge in [-0.2, -0.15) is 0 Å². The summed E-state index contributed by atoms with van der Waals surface area (Å²) in [4.78, 5) is 28.5. The molecule has 6 nitrogen and oxygen atoms in total.